The molecule has 0 bridgehead atoms. The Morgan fingerprint density at radius 3 is 1.28 bits per heavy atom. The Labute approximate surface area is 294 Å². The van der Waals surface area contributed by atoms with Gasteiger partial charge in [-0.1, -0.05) is 60.7 Å². The number of hydrogen-bond acceptors (Lipinski definition) is 10. The number of nitrogens with one attached hydrogen (secondary N) is 2. The fraction of sp³-hybridized carbons (Fsp3) is 0.556. The molecule has 4 rings (SSSR count). The number of nitrogens with zero attached hydrogens (tertiary/aromatic N) is 2. The van der Waals surface area contributed by atoms with Gasteiger partial charge in [-0.05, 0) is 52.7 Å². The molecule has 2 aliphatic heterocycles. The summed E-state index contributed by atoms with van der Waals surface area (Å²) in [7, 11) is 0. The molecule has 2 aliphatic rings. The highest BCUT2D eigenvalue weighted by atomic mass is 16.6. The third-order valence-corrected chi connectivity index (χ3v) is 7.56. The van der Waals surface area contributed by atoms with Crippen LogP contribution in [0.25, 0.3) is 0 Å². The highest BCUT2D eigenvalue weighted by Gasteiger charge is 2.37. The zero-order valence-electron chi connectivity index (χ0n) is 29.8. The molecule has 2 aromatic rings. The molecular formula is C36H52N4O10. The number of aliphatic hydroxyl groups excluding tert-OH is 2. The van der Waals surface area contributed by atoms with Crippen LogP contribution in [0.1, 0.15) is 52.7 Å². The number of ether oxygens (including phenoxy) is 4. The summed E-state index contributed by atoms with van der Waals surface area (Å²) < 4.78 is 20.8. The molecule has 2 aromatic carbocycles. The number of amides is 4. The van der Waals surface area contributed by atoms with Crippen molar-refractivity contribution in [3.8, 4) is 0 Å². The zero-order chi connectivity index (χ0) is 36.9. The molecule has 0 radical (unpaired) electrons. The second-order valence-corrected chi connectivity index (χ2v) is 14.3. The van der Waals surface area contributed by atoms with Gasteiger partial charge in [0.05, 0.1) is 25.3 Å². The summed E-state index contributed by atoms with van der Waals surface area (Å²) in [5.41, 5.74) is 0.628. The monoisotopic (exact) mass is 700 g/mol. The second-order valence-electron chi connectivity index (χ2n) is 14.3. The molecule has 2 heterocycles. The van der Waals surface area contributed by atoms with Gasteiger partial charge < -0.3 is 49.6 Å². The van der Waals surface area contributed by atoms with Crippen molar-refractivity contribution in [2.24, 2.45) is 11.8 Å². The van der Waals surface area contributed by atoms with Gasteiger partial charge in [-0.3, -0.25) is 0 Å². The molecule has 0 aromatic heterocycles. The number of hydrogen-bond donors (Lipinski definition) is 4. The van der Waals surface area contributed by atoms with Gasteiger partial charge >= 0.3 is 24.4 Å². The highest BCUT2D eigenvalue weighted by Crippen LogP contribution is 2.21. The third kappa shape index (κ3) is 14.5. The van der Waals surface area contributed by atoms with Crippen LogP contribution in [0.15, 0.2) is 60.7 Å². The SMILES string of the molecule is CC(C)(C)OC(=O)N1C[C@@H](CNC(=O)OCc2ccccc2)[C@@H](O)C1.CC(C)(C)OC(=O)N1C[C@H](CNC(=O)OCc2ccccc2)[C@H](O)C1. The van der Waals surface area contributed by atoms with E-state index in [1.807, 2.05) is 60.7 Å². The topological polar surface area (TPSA) is 176 Å². The van der Waals surface area contributed by atoms with Gasteiger partial charge in [-0.15, -0.1) is 0 Å². The van der Waals surface area contributed by atoms with Crippen LogP contribution in [-0.2, 0) is 32.2 Å². The molecule has 0 aliphatic carbocycles. The van der Waals surface area contributed by atoms with Crippen LogP contribution in [0, 0.1) is 11.8 Å². The number of carbonyl (C=O) groups excluding carboxylic acids is 4. The first-order valence-corrected chi connectivity index (χ1v) is 16.7. The van der Waals surface area contributed by atoms with Gasteiger partial charge in [-0.2, -0.15) is 0 Å². The largest absolute Gasteiger partial charge is 0.445 e. The summed E-state index contributed by atoms with van der Waals surface area (Å²) in [6.45, 7) is 12.6. The Bertz CT molecular complexity index is 1280. The molecule has 0 spiro atoms. The summed E-state index contributed by atoms with van der Waals surface area (Å²) in [6.07, 6.45) is -3.43. The van der Waals surface area contributed by atoms with Crippen molar-refractivity contribution in [2.45, 2.75) is 78.2 Å². The van der Waals surface area contributed by atoms with E-state index in [4.69, 9.17) is 18.9 Å². The Kier molecular flexibility index (Phi) is 14.7. The first-order valence-electron chi connectivity index (χ1n) is 16.7. The van der Waals surface area contributed by atoms with Crippen molar-refractivity contribution in [3.63, 3.8) is 0 Å². The minimum atomic E-state index is -0.707. The van der Waals surface area contributed by atoms with E-state index in [9.17, 15) is 29.4 Å². The lowest BCUT2D eigenvalue weighted by Crippen LogP contribution is -2.36. The van der Waals surface area contributed by atoms with Crippen LogP contribution in [0.3, 0.4) is 0 Å². The molecule has 4 amide bonds. The van der Waals surface area contributed by atoms with E-state index in [1.165, 1.54) is 9.80 Å². The summed E-state index contributed by atoms with van der Waals surface area (Å²) in [5, 5.41) is 25.4. The molecule has 4 N–H and O–H groups in total. The minimum absolute atomic E-state index is 0.184. The Balaban J connectivity index is 0.000000270. The van der Waals surface area contributed by atoms with Crippen molar-refractivity contribution in [2.75, 3.05) is 39.3 Å². The lowest BCUT2D eigenvalue weighted by atomic mass is 10.1. The van der Waals surface area contributed by atoms with Crippen LogP contribution >= 0.6 is 0 Å². The zero-order valence-corrected chi connectivity index (χ0v) is 29.8. The Morgan fingerprint density at radius 1 is 0.620 bits per heavy atom. The van der Waals surface area contributed by atoms with Crippen LogP contribution in [0.4, 0.5) is 19.2 Å². The standard InChI is InChI=1S/2C18H26N2O5/c2*1-18(2,3)25-17(23)20-10-14(15(21)11-20)9-19-16(22)24-12-13-7-5-4-6-8-13/h2*4-8,14-15,21H,9-12H2,1-3H3,(H,19,22)/t2*14-,15+/m10/s1. The fourth-order valence-corrected chi connectivity index (χ4v) is 5.04. The van der Waals surface area contributed by atoms with Gasteiger partial charge in [0.2, 0.25) is 0 Å². The summed E-state index contributed by atoms with van der Waals surface area (Å²) in [4.78, 5) is 50.5. The molecule has 2 saturated heterocycles. The number of carbonyl (C=O) groups is 4. The lowest BCUT2D eigenvalue weighted by Gasteiger charge is -2.24. The molecule has 50 heavy (non-hydrogen) atoms. The first kappa shape index (κ1) is 39.9. The number of β-amino-alcohol motifs (C(OH)–C–C–N with tert-alkyl or cyclic N) is 2. The van der Waals surface area contributed by atoms with Crippen LogP contribution < -0.4 is 10.6 Å². The van der Waals surface area contributed by atoms with Crippen molar-refractivity contribution < 1.29 is 48.3 Å². The maximum atomic E-state index is 12.0. The molecule has 0 unspecified atom stereocenters. The normalized spacial score (nSPS) is 20.2. The Morgan fingerprint density at radius 2 is 0.960 bits per heavy atom. The minimum Gasteiger partial charge on any atom is -0.445 e. The van der Waals surface area contributed by atoms with Crippen molar-refractivity contribution in [3.05, 3.63) is 71.8 Å². The van der Waals surface area contributed by atoms with E-state index in [0.29, 0.717) is 13.1 Å². The Hall–Kier alpha value is -4.56. The van der Waals surface area contributed by atoms with E-state index in [1.54, 1.807) is 41.5 Å². The molecule has 2 fully saturated rings. The average Bonchev–Trinajstić information content (AvgIpc) is 3.62. The number of rotatable bonds is 8. The maximum Gasteiger partial charge on any atom is 0.410 e. The number of alkyl carbamates (subject to hydrolysis) is 2. The van der Waals surface area contributed by atoms with Gasteiger partial charge in [0, 0.05) is 38.0 Å². The van der Waals surface area contributed by atoms with Crippen LogP contribution in [0.2, 0.25) is 0 Å². The molecular weight excluding hydrogens is 648 g/mol. The van der Waals surface area contributed by atoms with E-state index in [2.05, 4.69) is 10.6 Å². The van der Waals surface area contributed by atoms with E-state index >= 15 is 0 Å². The number of likely N-dealkylation sites (tertiary alicyclic amines) is 2. The fourth-order valence-electron chi connectivity index (χ4n) is 5.04. The van der Waals surface area contributed by atoms with Crippen molar-refractivity contribution in [1.82, 2.24) is 20.4 Å². The van der Waals surface area contributed by atoms with E-state index in [0.717, 1.165) is 11.1 Å². The number of aliphatic hydroxyl groups is 2. The maximum absolute atomic E-state index is 12.0. The lowest BCUT2D eigenvalue weighted by molar-refractivity contribution is 0.0261. The van der Waals surface area contributed by atoms with Gasteiger partial charge in [0.15, 0.2) is 0 Å². The van der Waals surface area contributed by atoms with Crippen molar-refractivity contribution in [1.29, 1.82) is 0 Å². The highest BCUT2D eigenvalue weighted by molar-refractivity contribution is 5.70. The second kappa shape index (κ2) is 18.4. The smallest absolute Gasteiger partial charge is 0.410 e. The van der Waals surface area contributed by atoms with Gasteiger partial charge in [-0.25, -0.2) is 19.2 Å². The van der Waals surface area contributed by atoms with Crippen LogP contribution in [0.5, 0.6) is 0 Å². The number of benzene rings is 2. The summed E-state index contributed by atoms with van der Waals surface area (Å²) in [6, 6.07) is 18.7. The van der Waals surface area contributed by atoms with Gasteiger partial charge in [0.1, 0.15) is 24.4 Å². The molecule has 4 atom stereocenters. The molecule has 14 heteroatoms. The average molecular weight is 701 g/mol. The van der Waals surface area contributed by atoms with E-state index < -0.39 is 47.8 Å². The van der Waals surface area contributed by atoms with Crippen LogP contribution in [-0.4, -0.2) is 107 Å². The van der Waals surface area contributed by atoms with E-state index in [-0.39, 0.29) is 51.2 Å². The molecule has 276 valence electrons. The predicted molar refractivity (Wildman–Crippen MR) is 184 cm³/mol. The third-order valence-electron chi connectivity index (χ3n) is 7.56. The van der Waals surface area contributed by atoms with Gasteiger partial charge in [0.25, 0.3) is 0 Å². The molecule has 14 nitrogen and oxygen atoms in total. The predicted octanol–water partition coefficient (Wildman–Crippen LogP) is 4.28. The quantitative estimate of drug-likeness (QED) is 0.291. The van der Waals surface area contributed by atoms with Crippen molar-refractivity contribution >= 4 is 24.4 Å². The molecule has 0 saturated carbocycles. The summed E-state index contributed by atoms with van der Waals surface area (Å²) >= 11 is 0. The first-order chi connectivity index (χ1) is 23.5. The summed E-state index contributed by atoms with van der Waals surface area (Å²) in [5.74, 6) is -0.506.